The van der Waals surface area contributed by atoms with Crippen LogP contribution in [0.4, 0.5) is 11.4 Å². The third kappa shape index (κ3) is 3.10. The maximum atomic E-state index is 12.2. The highest BCUT2D eigenvalue weighted by Crippen LogP contribution is 2.24. The summed E-state index contributed by atoms with van der Waals surface area (Å²) in [5, 5.41) is 18.1. The molecule has 7 heteroatoms. The van der Waals surface area contributed by atoms with Gasteiger partial charge in [0.2, 0.25) is 5.91 Å². The Balaban J connectivity index is 1.76. The second-order valence-electron chi connectivity index (χ2n) is 5.62. The van der Waals surface area contributed by atoms with E-state index in [2.05, 4.69) is 10.5 Å². The van der Waals surface area contributed by atoms with Crippen molar-refractivity contribution in [3.63, 3.8) is 0 Å². The van der Waals surface area contributed by atoms with Gasteiger partial charge in [0, 0.05) is 23.2 Å². The lowest BCUT2D eigenvalue weighted by molar-refractivity contribution is -0.384. The Morgan fingerprint density at radius 2 is 1.96 bits per heavy atom. The molecule has 122 valence electrons. The average molecular weight is 325 g/mol. The fourth-order valence-corrected chi connectivity index (χ4v) is 2.59. The van der Waals surface area contributed by atoms with Gasteiger partial charge in [0.1, 0.15) is 5.69 Å². The second kappa shape index (κ2) is 6.11. The number of non-ortho nitro benzene ring substituents is 1. The average Bonchev–Trinajstić information content (AvgIpc) is 2.91. The third-order valence-electron chi connectivity index (χ3n) is 3.67. The lowest BCUT2D eigenvalue weighted by Crippen LogP contribution is -2.14. The number of hydrogen-bond donors (Lipinski definition) is 1. The largest absolute Gasteiger partial charge is 0.356 e. The Morgan fingerprint density at radius 1 is 1.25 bits per heavy atom. The molecular weight excluding hydrogens is 310 g/mol. The number of nitro groups is 1. The molecule has 0 radical (unpaired) electrons. The maximum Gasteiger partial charge on any atom is 0.269 e. The normalized spacial score (nSPS) is 10.8. The number of amides is 1. The lowest BCUT2D eigenvalue weighted by Gasteiger charge is -2.04. The van der Waals surface area contributed by atoms with E-state index < -0.39 is 4.92 Å². The number of hydrogen-bond acceptors (Lipinski definition) is 5. The van der Waals surface area contributed by atoms with Crippen LogP contribution in [0, 0.1) is 24.0 Å². The first-order valence-electron chi connectivity index (χ1n) is 7.34. The standard InChI is InChI=1S/C17H15N3O4/c1-10-7-11(2)17-14(8-10)15(19-24-17)9-16(21)18-12-3-5-13(6-4-12)20(22)23/h3-8H,9H2,1-2H3,(H,18,21). The minimum Gasteiger partial charge on any atom is -0.356 e. The second-order valence-corrected chi connectivity index (χ2v) is 5.62. The summed E-state index contributed by atoms with van der Waals surface area (Å²) in [6.45, 7) is 3.90. The lowest BCUT2D eigenvalue weighted by atomic mass is 10.1. The number of carbonyl (C=O) groups excluding carboxylic acids is 1. The minimum atomic E-state index is -0.488. The molecule has 24 heavy (non-hydrogen) atoms. The van der Waals surface area contributed by atoms with Crippen molar-refractivity contribution in [2.45, 2.75) is 20.3 Å². The van der Waals surface area contributed by atoms with Crippen molar-refractivity contribution < 1.29 is 14.2 Å². The van der Waals surface area contributed by atoms with Crippen LogP contribution in [-0.2, 0) is 11.2 Å². The first-order valence-corrected chi connectivity index (χ1v) is 7.34. The van der Waals surface area contributed by atoms with Gasteiger partial charge in [-0.05, 0) is 43.2 Å². The molecule has 1 heterocycles. The number of aromatic nitrogens is 1. The van der Waals surface area contributed by atoms with Gasteiger partial charge in [0.05, 0.1) is 11.3 Å². The van der Waals surface area contributed by atoms with Gasteiger partial charge < -0.3 is 9.84 Å². The summed E-state index contributed by atoms with van der Waals surface area (Å²) in [6.07, 6.45) is 0.0624. The number of anilines is 1. The fraction of sp³-hybridized carbons (Fsp3) is 0.176. The molecule has 1 amide bonds. The summed E-state index contributed by atoms with van der Waals surface area (Å²) in [7, 11) is 0. The maximum absolute atomic E-state index is 12.2. The third-order valence-corrected chi connectivity index (χ3v) is 3.67. The Bertz CT molecular complexity index is 929. The predicted octanol–water partition coefficient (Wildman–Crippen LogP) is 3.53. The predicted molar refractivity (Wildman–Crippen MR) is 88.9 cm³/mol. The zero-order valence-electron chi connectivity index (χ0n) is 13.2. The first kappa shape index (κ1) is 15.7. The summed E-state index contributed by atoms with van der Waals surface area (Å²) in [4.78, 5) is 22.3. The molecule has 0 saturated carbocycles. The zero-order chi connectivity index (χ0) is 17.3. The van der Waals surface area contributed by atoms with Gasteiger partial charge in [-0.25, -0.2) is 0 Å². The van der Waals surface area contributed by atoms with Crippen LogP contribution in [0.5, 0.6) is 0 Å². The number of nitrogens with zero attached hydrogens (tertiary/aromatic N) is 2. The number of nitro benzene ring substituents is 1. The van der Waals surface area contributed by atoms with Crippen molar-refractivity contribution in [3.05, 3.63) is 63.3 Å². The molecule has 0 aliphatic heterocycles. The fourth-order valence-electron chi connectivity index (χ4n) is 2.59. The van der Waals surface area contributed by atoms with Crippen molar-refractivity contribution in [2.75, 3.05) is 5.32 Å². The van der Waals surface area contributed by atoms with Crippen LogP contribution >= 0.6 is 0 Å². The molecule has 0 aliphatic rings. The molecule has 7 nitrogen and oxygen atoms in total. The van der Waals surface area contributed by atoms with Crippen molar-refractivity contribution in [1.29, 1.82) is 0 Å². The number of carbonyl (C=O) groups is 1. The smallest absolute Gasteiger partial charge is 0.269 e. The van der Waals surface area contributed by atoms with Crippen LogP contribution in [0.15, 0.2) is 40.9 Å². The minimum absolute atomic E-state index is 0.0264. The molecular formula is C17H15N3O4. The van der Waals surface area contributed by atoms with E-state index >= 15 is 0 Å². The van der Waals surface area contributed by atoms with Gasteiger partial charge in [-0.2, -0.15) is 0 Å². The summed E-state index contributed by atoms with van der Waals surface area (Å²) < 4.78 is 5.32. The van der Waals surface area contributed by atoms with Crippen LogP contribution in [0.3, 0.4) is 0 Å². The Kier molecular flexibility index (Phi) is 3.99. The Hall–Kier alpha value is -3.22. The Morgan fingerprint density at radius 3 is 2.62 bits per heavy atom. The van der Waals surface area contributed by atoms with Gasteiger partial charge in [-0.15, -0.1) is 0 Å². The number of rotatable bonds is 4. The monoisotopic (exact) mass is 325 g/mol. The van der Waals surface area contributed by atoms with Crippen molar-refractivity contribution in [3.8, 4) is 0 Å². The van der Waals surface area contributed by atoms with E-state index in [9.17, 15) is 14.9 Å². The first-order chi connectivity index (χ1) is 11.4. The van der Waals surface area contributed by atoms with Crippen LogP contribution in [0.2, 0.25) is 0 Å². The Labute approximate surface area is 137 Å². The van der Waals surface area contributed by atoms with Crippen LogP contribution in [0.1, 0.15) is 16.8 Å². The van der Waals surface area contributed by atoms with Crippen molar-refractivity contribution in [1.82, 2.24) is 5.16 Å². The summed E-state index contributed by atoms with van der Waals surface area (Å²) in [6, 6.07) is 9.60. The molecule has 0 aliphatic carbocycles. The number of fused-ring (bicyclic) bond motifs is 1. The van der Waals surface area contributed by atoms with Crippen molar-refractivity contribution >= 4 is 28.3 Å². The van der Waals surface area contributed by atoms with Crippen LogP contribution in [0.25, 0.3) is 11.0 Å². The molecule has 1 N–H and O–H groups in total. The quantitative estimate of drug-likeness (QED) is 0.584. The zero-order valence-corrected chi connectivity index (χ0v) is 13.2. The van der Waals surface area contributed by atoms with E-state index in [4.69, 9.17) is 4.52 Å². The summed E-state index contributed by atoms with van der Waals surface area (Å²) in [5.41, 5.74) is 3.75. The van der Waals surface area contributed by atoms with Gasteiger partial charge in [0.15, 0.2) is 5.58 Å². The summed E-state index contributed by atoms with van der Waals surface area (Å²) in [5.74, 6) is -0.266. The van der Waals surface area contributed by atoms with Gasteiger partial charge in [-0.3, -0.25) is 14.9 Å². The van der Waals surface area contributed by atoms with Gasteiger partial charge in [-0.1, -0.05) is 11.2 Å². The number of nitrogens with one attached hydrogen (secondary N) is 1. The number of aryl methyl sites for hydroxylation is 2. The molecule has 0 spiro atoms. The SMILES string of the molecule is Cc1cc(C)c2onc(CC(=O)Nc3ccc([N+](=O)[O-])cc3)c2c1. The van der Waals surface area contributed by atoms with E-state index in [0.717, 1.165) is 16.5 Å². The summed E-state index contributed by atoms with van der Waals surface area (Å²) >= 11 is 0. The molecule has 0 unspecified atom stereocenters. The van der Waals surface area contributed by atoms with E-state index in [1.165, 1.54) is 24.3 Å². The molecule has 0 fully saturated rings. The molecule has 3 rings (SSSR count). The highest BCUT2D eigenvalue weighted by Gasteiger charge is 2.15. The molecule has 0 atom stereocenters. The highest BCUT2D eigenvalue weighted by atomic mass is 16.6. The van der Waals surface area contributed by atoms with E-state index in [1.807, 2.05) is 26.0 Å². The molecule has 1 aromatic heterocycles. The topological polar surface area (TPSA) is 98.3 Å². The highest BCUT2D eigenvalue weighted by molar-refractivity contribution is 5.95. The number of benzene rings is 2. The van der Waals surface area contributed by atoms with E-state index in [-0.39, 0.29) is 18.0 Å². The molecule has 0 saturated heterocycles. The van der Waals surface area contributed by atoms with Gasteiger partial charge in [0.25, 0.3) is 5.69 Å². The molecule has 3 aromatic rings. The van der Waals surface area contributed by atoms with Crippen LogP contribution in [-0.4, -0.2) is 16.0 Å². The van der Waals surface area contributed by atoms with Crippen LogP contribution < -0.4 is 5.32 Å². The molecule has 2 aromatic carbocycles. The van der Waals surface area contributed by atoms with E-state index in [1.54, 1.807) is 0 Å². The van der Waals surface area contributed by atoms with Gasteiger partial charge >= 0.3 is 0 Å². The van der Waals surface area contributed by atoms with E-state index in [0.29, 0.717) is 17.0 Å². The molecule has 0 bridgehead atoms. The van der Waals surface area contributed by atoms with Crippen molar-refractivity contribution in [2.24, 2.45) is 0 Å².